The van der Waals surface area contributed by atoms with Crippen LogP contribution >= 0.6 is 12.4 Å². The van der Waals surface area contributed by atoms with Crippen LogP contribution in [0, 0.1) is 5.41 Å². The first-order valence-corrected chi connectivity index (χ1v) is 3.41. The van der Waals surface area contributed by atoms with Crippen molar-refractivity contribution in [3.8, 4) is 0 Å². The molecule has 0 aromatic carbocycles. The van der Waals surface area contributed by atoms with Crippen molar-refractivity contribution in [3.63, 3.8) is 0 Å². The molecule has 2 heterocycles. The van der Waals surface area contributed by atoms with Gasteiger partial charge in [-0.1, -0.05) is 0 Å². The minimum Gasteiger partial charge on any atom is -0.382 e. The zero-order valence-corrected chi connectivity index (χ0v) is 7.43. The monoisotopic (exact) mass is 197 g/mol. The zero-order valence-electron chi connectivity index (χ0n) is 6.61. The molecule has 6 heteroatoms. The molecule has 0 saturated carbocycles. The van der Waals surface area contributed by atoms with Gasteiger partial charge in [0.1, 0.15) is 17.0 Å². The molecule has 4 N–H and O–H groups in total. The van der Waals surface area contributed by atoms with Gasteiger partial charge in [0, 0.05) is 6.20 Å². The Kier molecular flexibility index (Phi) is 2.48. The quantitative estimate of drug-likeness (QED) is 0.463. The molecule has 0 unspecified atom stereocenters. The highest BCUT2D eigenvalue weighted by Gasteiger charge is 2.05. The van der Waals surface area contributed by atoms with Gasteiger partial charge in [-0.25, -0.2) is 4.98 Å². The van der Waals surface area contributed by atoms with E-state index in [4.69, 9.17) is 11.1 Å². The Morgan fingerprint density at radius 3 is 2.92 bits per heavy atom. The first kappa shape index (κ1) is 9.47. The number of nitrogens with one attached hydrogen (secondary N) is 2. The number of hydrogen-bond donors (Lipinski definition) is 3. The Labute approximate surface area is 80.3 Å². The summed E-state index contributed by atoms with van der Waals surface area (Å²) in [5.74, 6) is -0.0623. The molecule has 0 radical (unpaired) electrons. The van der Waals surface area contributed by atoms with Crippen molar-refractivity contribution in [1.82, 2.24) is 15.0 Å². The van der Waals surface area contributed by atoms with Gasteiger partial charge in [0.25, 0.3) is 0 Å². The summed E-state index contributed by atoms with van der Waals surface area (Å²) in [5.41, 5.74) is 7.22. The van der Waals surface area contributed by atoms with E-state index in [0.717, 1.165) is 5.52 Å². The van der Waals surface area contributed by atoms with E-state index in [0.29, 0.717) is 11.2 Å². The first-order valence-electron chi connectivity index (χ1n) is 3.41. The number of aromatic amines is 1. The molecule has 0 aliphatic rings. The number of aromatic nitrogens is 3. The Morgan fingerprint density at radius 1 is 1.46 bits per heavy atom. The van der Waals surface area contributed by atoms with Gasteiger partial charge in [-0.05, 0) is 6.07 Å². The van der Waals surface area contributed by atoms with E-state index < -0.39 is 0 Å². The SMILES string of the molecule is Cl.N=C(N)c1nccc2[nH]cnc12. The number of nitrogens with zero attached hydrogens (tertiary/aromatic N) is 2. The fourth-order valence-electron chi connectivity index (χ4n) is 1.06. The van der Waals surface area contributed by atoms with E-state index in [1.165, 1.54) is 0 Å². The molecule has 0 saturated heterocycles. The highest BCUT2D eigenvalue weighted by molar-refractivity contribution is 6.03. The van der Waals surface area contributed by atoms with Crippen LogP contribution in [0.1, 0.15) is 5.69 Å². The predicted molar refractivity (Wildman–Crippen MR) is 52.2 cm³/mol. The number of imidazole rings is 1. The minimum absolute atomic E-state index is 0. The largest absolute Gasteiger partial charge is 0.382 e. The molecule has 0 amide bonds. The molecule has 5 nitrogen and oxygen atoms in total. The zero-order chi connectivity index (χ0) is 8.55. The fourth-order valence-corrected chi connectivity index (χ4v) is 1.06. The maximum Gasteiger partial charge on any atom is 0.144 e. The molecular weight excluding hydrogens is 190 g/mol. The second kappa shape index (κ2) is 3.40. The third-order valence-electron chi connectivity index (χ3n) is 1.59. The van der Waals surface area contributed by atoms with E-state index in [-0.39, 0.29) is 18.2 Å². The summed E-state index contributed by atoms with van der Waals surface area (Å²) in [7, 11) is 0. The van der Waals surface area contributed by atoms with E-state index >= 15 is 0 Å². The van der Waals surface area contributed by atoms with Gasteiger partial charge in [-0.3, -0.25) is 10.4 Å². The van der Waals surface area contributed by atoms with E-state index in [1.807, 2.05) is 0 Å². The van der Waals surface area contributed by atoms with Gasteiger partial charge in [0.15, 0.2) is 0 Å². The van der Waals surface area contributed by atoms with Crippen molar-refractivity contribution < 1.29 is 0 Å². The average Bonchev–Trinajstić information content (AvgIpc) is 2.49. The Hall–Kier alpha value is -1.62. The normalized spacial score (nSPS) is 9.54. The first-order chi connectivity index (χ1) is 5.79. The summed E-state index contributed by atoms with van der Waals surface area (Å²) in [6.45, 7) is 0. The summed E-state index contributed by atoms with van der Waals surface area (Å²) in [6, 6.07) is 1.79. The highest BCUT2D eigenvalue weighted by atomic mass is 35.5. The van der Waals surface area contributed by atoms with Crippen molar-refractivity contribution in [3.05, 3.63) is 24.3 Å². The molecule has 0 bridgehead atoms. The summed E-state index contributed by atoms with van der Waals surface area (Å²) in [6.07, 6.45) is 3.15. The lowest BCUT2D eigenvalue weighted by Gasteiger charge is -1.96. The van der Waals surface area contributed by atoms with Crippen molar-refractivity contribution >= 4 is 29.3 Å². The predicted octanol–water partition coefficient (Wildman–Crippen LogP) is 0.664. The van der Waals surface area contributed by atoms with Gasteiger partial charge in [-0.2, -0.15) is 0 Å². The van der Waals surface area contributed by atoms with Gasteiger partial charge >= 0.3 is 0 Å². The number of rotatable bonds is 1. The van der Waals surface area contributed by atoms with Gasteiger partial charge in [0.2, 0.25) is 0 Å². The summed E-state index contributed by atoms with van der Waals surface area (Å²) >= 11 is 0. The molecule has 0 spiro atoms. The minimum atomic E-state index is -0.0623. The number of hydrogen-bond acceptors (Lipinski definition) is 3. The van der Waals surface area contributed by atoms with Crippen LogP contribution in [0.15, 0.2) is 18.6 Å². The average molecular weight is 198 g/mol. The van der Waals surface area contributed by atoms with Gasteiger partial charge in [-0.15, -0.1) is 12.4 Å². The maximum absolute atomic E-state index is 7.22. The van der Waals surface area contributed by atoms with Crippen LogP contribution in [-0.4, -0.2) is 20.8 Å². The van der Waals surface area contributed by atoms with Crippen molar-refractivity contribution in [2.24, 2.45) is 5.73 Å². The molecule has 2 aromatic heterocycles. The van der Waals surface area contributed by atoms with Crippen LogP contribution in [0.2, 0.25) is 0 Å². The molecule has 0 atom stereocenters. The third-order valence-corrected chi connectivity index (χ3v) is 1.59. The number of fused-ring (bicyclic) bond motifs is 1. The number of halogens is 1. The molecule has 2 aromatic rings. The molecule has 0 fully saturated rings. The van der Waals surface area contributed by atoms with Crippen LogP contribution in [0.5, 0.6) is 0 Å². The number of nitrogens with two attached hydrogens (primary N) is 1. The lowest BCUT2D eigenvalue weighted by molar-refractivity contribution is 1.27. The van der Waals surface area contributed by atoms with Gasteiger partial charge in [0.05, 0.1) is 11.8 Å². The molecule has 0 aliphatic carbocycles. The summed E-state index contributed by atoms with van der Waals surface area (Å²) in [5, 5.41) is 7.22. The smallest absolute Gasteiger partial charge is 0.144 e. The maximum atomic E-state index is 7.22. The van der Waals surface area contributed by atoms with E-state index in [2.05, 4.69) is 15.0 Å². The van der Waals surface area contributed by atoms with Crippen LogP contribution in [0.25, 0.3) is 11.0 Å². The molecule has 2 rings (SSSR count). The molecule has 0 aliphatic heterocycles. The molecular formula is C7H8ClN5. The fraction of sp³-hybridized carbons (Fsp3) is 0. The Morgan fingerprint density at radius 2 is 2.23 bits per heavy atom. The van der Waals surface area contributed by atoms with Crippen LogP contribution < -0.4 is 5.73 Å². The second-order valence-electron chi connectivity index (χ2n) is 2.37. The van der Waals surface area contributed by atoms with Crippen molar-refractivity contribution in [2.45, 2.75) is 0 Å². The third kappa shape index (κ3) is 1.46. The van der Waals surface area contributed by atoms with Crippen molar-refractivity contribution in [2.75, 3.05) is 0 Å². The number of amidine groups is 1. The summed E-state index contributed by atoms with van der Waals surface area (Å²) in [4.78, 5) is 10.9. The summed E-state index contributed by atoms with van der Waals surface area (Å²) < 4.78 is 0. The Balaban J connectivity index is 0.000000845. The van der Waals surface area contributed by atoms with Crippen molar-refractivity contribution in [1.29, 1.82) is 5.41 Å². The Bertz CT molecular complexity index is 435. The van der Waals surface area contributed by atoms with E-state index in [1.54, 1.807) is 18.6 Å². The van der Waals surface area contributed by atoms with Crippen LogP contribution in [0.4, 0.5) is 0 Å². The lowest BCUT2D eigenvalue weighted by Crippen LogP contribution is -2.13. The second-order valence-corrected chi connectivity index (χ2v) is 2.37. The lowest BCUT2D eigenvalue weighted by atomic mass is 10.3. The van der Waals surface area contributed by atoms with E-state index in [9.17, 15) is 0 Å². The highest BCUT2D eigenvalue weighted by Crippen LogP contribution is 2.10. The molecule has 68 valence electrons. The number of pyridine rings is 1. The van der Waals surface area contributed by atoms with Crippen LogP contribution in [-0.2, 0) is 0 Å². The topological polar surface area (TPSA) is 91.4 Å². The number of nitrogen functional groups attached to an aromatic ring is 1. The molecule has 13 heavy (non-hydrogen) atoms. The number of H-pyrrole nitrogens is 1. The van der Waals surface area contributed by atoms with Crippen LogP contribution in [0.3, 0.4) is 0 Å². The standard InChI is InChI=1S/C7H7N5.ClH/c8-7(9)6-5-4(1-2-10-6)11-3-12-5;/h1-3H,(H3,8,9)(H,11,12);1H. The van der Waals surface area contributed by atoms with Gasteiger partial charge < -0.3 is 10.7 Å².